The molecule has 0 aromatic heterocycles. The quantitative estimate of drug-likeness (QED) is 0.606. The molecule has 0 bridgehead atoms. The van der Waals surface area contributed by atoms with Crippen LogP contribution in [0.15, 0.2) is 18.2 Å². The van der Waals surface area contributed by atoms with Crippen molar-refractivity contribution in [2.75, 3.05) is 13.2 Å². The van der Waals surface area contributed by atoms with Gasteiger partial charge in [0.25, 0.3) is 0 Å². The first kappa shape index (κ1) is 15.3. The highest BCUT2D eigenvalue weighted by Gasteiger charge is 2.17. The molecule has 0 saturated heterocycles. The van der Waals surface area contributed by atoms with Gasteiger partial charge in [-0.25, -0.2) is 4.39 Å². The Bertz CT molecular complexity index is 438. The Labute approximate surface area is 109 Å². The normalized spacial score (nSPS) is 12.5. The fraction of sp³-hybridized carbons (Fsp3) is 0.500. The summed E-state index contributed by atoms with van der Waals surface area (Å²) in [4.78, 5) is 10.0. The van der Waals surface area contributed by atoms with Gasteiger partial charge in [-0.2, -0.15) is 0 Å². The van der Waals surface area contributed by atoms with Crippen molar-refractivity contribution in [3.63, 3.8) is 0 Å². The van der Waals surface area contributed by atoms with E-state index in [4.69, 9.17) is 9.47 Å². The average molecular weight is 273 g/mol. The lowest BCUT2D eigenvalue weighted by atomic mass is 10.3. The Hall–Kier alpha value is -1.73. The molecule has 7 heteroatoms. The number of benzene rings is 1. The van der Waals surface area contributed by atoms with E-state index in [1.807, 2.05) is 13.8 Å². The molecule has 0 aliphatic carbocycles. The molecule has 1 rings (SSSR count). The predicted molar refractivity (Wildman–Crippen MR) is 65.6 cm³/mol. The smallest absolute Gasteiger partial charge is 0.311 e. The van der Waals surface area contributed by atoms with Gasteiger partial charge in [-0.15, -0.1) is 0 Å². The van der Waals surface area contributed by atoms with Crippen LogP contribution in [0, 0.1) is 15.9 Å². The monoisotopic (exact) mass is 273 g/mol. The Balaban J connectivity index is 2.61. The van der Waals surface area contributed by atoms with Crippen LogP contribution < -0.4 is 4.74 Å². The first-order chi connectivity index (χ1) is 8.90. The van der Waals surface area contributed by atoms with Gasteiger partial charge in [-0.1, -0.05) is 0 Å². The van der Waals surface area contributed by atoms with Crippen molar-refractivity contribution in [1.29, 1.82) is 0 Å². The first-order valence-corrected chi connectivity index (χ1v) is 5.76. The zero-order chi connectivity index (χ0) is 14.4. The molecule has 1 aromatic rings. The summed E-state index contributed by atoms with van der Waals surface area (Å²) in [5.74, 6) is -0.859. The fourth-order valence-corrected chi connectivity index (χ4v) is 1.29. The van der Waals surface area contributed by atoms with Gasteiger partial charge in [0.2, 0.25) is 0 Å². The van der Waals surface area contributed by atoms with Crippen molar-refractivity contribution in [2.45, 2.75) is 26.1 Å². The number of nitro groups is 1. The lowest BCUT2D eigenvalue weighted by Crippen LogP contribution is -2.25. The van der Waals surface area contributed by atoms with Gasteiger partial charge in [-0.3, -0.25) is 10.1 Å². The number of halogens is 1. The summed E-state index contributed by atoms with van der Waals surface area (Å²) < 4.78 is 23.2. The first-order valence-electron chi connectivity index (χ1n) is 5.76. The van der Waals surface area contributed by atoms with E-state index < -0.39 is 16.8 Å². The molecule has 0 radical (unpaired) electrons. The molecule has 0 aliphatic rings. The van der Waals surface area contributed by atoms with Crippen LogP contribution in [-0.2, 0) is 4.74 Å². The second-order valence-electron chi connectivity index (χ2n) is 4.22. The number of nitro benzene ring substituents is 1. The van der Waals surface area contributed by atoms with E-state index in [0.717, 1.165) is 18.2 Å². The standard InChI is InChI=1S/C12H16FNO5/c1-8(2)18-6-10(15)7-19-12-5-9(13)3-4-11(12)14(16)17/h3-5,8,10,15H,6-7H2,1-2H3. The van der Waals surface area contributed by atoms with Gasteiger partial charge in [0.15, 0.2) is 5.75 Å². The maximum absolute atomic E-state index is 13.0. The molecule has 0 spiro atoms. The van der Waals surface area contributed by atoms with Crippen LogP contribution >= 0.6 is 0 Å². The van der Waals surface area contributed by atoms with Crippen LogP contribution in [0.4, 0.5) is 10.1 Å². The molecule has 0 amide bonds. The van der Waals surface area contributed by atoms with Crippen LogP contribution in [0.1, 0.15) is 13.8 Å². The third-order valence-corrected chi connectivity index (χ3v) is 2.17. The molecule has 106 valence electrons. The molecule has 19 heavy (non-hydrogen) atoms. The van der Waals surface area contributed by atoms with Gasteiger partial charge in [0, 0.05) is 12.1 Å². The van der Waals surface area contributed by atoms with Crippen LogP contribution in [0.5, 0.6) is 5.75 Å². The largest absolute Gasteiger partial charge is 0.484 e. The lowest BCUT2D eigenvalue weighted by Gasteiger charge is -2.14. The minimum absolute atomic E-state index is 0.0424. The van der Waals surface area contributed by atoms with Crippen LogP contribution in [0.2, 0.25) is 0 Å². The second-order valence-corrected chi connectivity index (χ2v) is 4.22. The van der Waals surface area contributed by atoms with E-state index in [9.17, 15) is 19.6 Å². The number of hydrogen-bond donors (Lipinski definition) is 1. The van der Waals surface area contributed by atoms with E-state index in [0.29, 0.717) is 0 Å². The van der Waals surface area contributed by atoms with Gasteiger partial charge in [0.1, 0.15) is 18.5 Å². The minimum atomic E-state index is -0.940. The van der Waals surface area contributed by atoms with Crippen LogP contribution in [-0.4, -0.2) is 35.5 Å². The van der Waals surface area contributed by atoms with E-state index in [-0.39, 0.29) is 30.8 Å². The maximum Gasteiger partial charge on any atom is 0.311 e. The summed E-state index contributed by atoms with van der Waals surface area (Å²) in [5, 5.41) is 20.3. The van der Waals surface area contributed by atoms with Crippen molar-refractivity contribution in [3.8, 4) is 5.75 Å². The topological polar surface area (TPSA) is 81.8 Å². The number of aliphatic hydroxyl groups is 1. The predicted octanol–water partition coefficient (Wildman–Crippen LogP) is 1.90. The summed E-state index contributed by atoms with van der Waals surface area (Å²) in [5.41, 5.74) is -0.349. The van der Waals surface area contributed by atoms with Gasteiger partial charge in [0.05, 0.1) is 17.6 Å². The summed E-state index contributed by atoms with van der Waals surface area (Å²) in [6.07, 6.45) is -0.983. The van der Waals surface area contributed by atoms with Crippen LogP contribution in [0.3, 0.4) is 0 Å². The van der Waals surface area contributed by atoms with Gasteiger partial charge in [-0.05, 0) is 19.9 Å². The van der Waals surface area contributed by atoms with Crippen molar-refractivity contribution in [2.24, 2.45) is 0 Å². The molecule has 1 N–H and O–H groups in total. The average Bonchev–Trinajstić information content (AvgIpc) is 2.33. The van der Waals surface area contributed by atoms with Crippen molar-refractivity contribution in [1.82, 2.24) is 0 Å². The van der Waals surface area contributed by atoms with Crippen molar-refractivity contribution < 1.29 is 23.9 Å². The zero-order valence-electron chi connectivity index (χ0n) is 10.7. The third kappa shape index (κ3) is 5.19. The van der Waals surface area contributed by atoms with Crippen molar-refractivity contribution in [3.05, 3.63) is 34.1 Å². The van der Waals surface area contributed by atoms with Crippen molar-refractivity contribution >= 4 is 5.69 Å². The Kier molecular flexibility index (Phi) is 5.65. The molecule has 1 aromatic carbocycles. The number of aliphatic hydroxyl groups excluding tert-OH is 1. The highest BCUT2D eigenvalue weighted by atomic mass is 19.1. The summed E-state index contributed by atoms with van der Waals surface area (Å²) in [6.45, 7) is 3.45. The summed E-state index contributed by atoms with van der Waals surface area (Å²) in [6, 6.07) is 2.90. The summed E-state index contributed by atoms with van der Waals surface area (Å²) >= 11 is 0. The van der Waals surface area contributed by atoms with E-state index in [1.54, 1.807) is 0 Å². The molecule has 1 atom stereocenters. The molecule has 0 aliphatic heterocycles. The molecular weight excluding hydrogens is 257 g/mol. The fourth-order valence-electron chi connectivity index (χ4n) is 1.29. The molecule has 0 heterocycles. The lowest BCUT2D eigenvalue weighted by molar-refractivity contribution is -0.386. The zero-order valence-corrected chi connectivity index (χ0v) is 10.7. The molecule has 0 fully saturated rings. The Morgan fingerprint density at radius 2 is 2.11 bits per heavy atom. The highest BCUT2D eigenvalue weighted by molar-refractivity contribution is 5.46. The summed E-state index contributed by atoms with van der Waals surface area (Å²) in [7, 11) is 0. The second kappa shape index (κ2) is 7.01. The van der Waals surface area contributed by atoms with Gasteiger partial charge < -0.3 is 14.6 Å². The number of rotatable bonds is 7. The SMILES string of the molecule is CC(C)OCC(O)COc1cc(F)ccc1[N+](=O)[O-]. The van der Waals surface area contributed by atoms with E-state index in [1.165, 1.54) is 0 Å². The van der Waals surface area contributed by atoms with E-state index in [2.05, 4.69) is 0 Å². The van der Waals surface area contributed by atoms with Crippen LogP contribution in [0.25, 0.3) is 0 Å². The number of hydrogen-bond acceptors (Lipinski definition) is 5. The minimum Gasteiger partial charge on any atom is -0.484 e. The molecule has 6 nitrogen and oxygen atoms in total. The molecule has 1 unspecified atom stereocenters. The molecular formula is C12H16FNO5. The molecule has 0 saturated carbocycles. The highest BCUT2D eigenvalue weighted by Crippen LogP contribution is 2.27. The number of nitrogens with zero attached hydrogens (tertiary/aromatic N) is 1. The Morgan fingerprint density at radius 1 is 1.42 bits per heavy atom. The maximum atomic E-state index is 13.0. The Morgan fingerprint density at radius 3 is 2.68 bits per heavy atom. The van der Waals surface area contributed by atoms with E-state index >= 15 is 0 Å². The number of ether oxygens (including phenoxy) is 2. The van der Waals surface area contributed by atoms with Gasteiger partial charge >= 0.3 is 5.69 Å². The third-order valence-electron chi connectivity index (χ3n) is 2.17.